The fourth-order valence-electron chi connectivity index (χ4n) is 3.34. The molecule has 0 unspecified atom stereocenters. The van der Waals surface area contributed by atoms with Crippen LogP contribution in [0, 0.1) is 0 Å². The van der Waals surface area contributed by atoms with E-state index in [9.17, 15) is 9.59 Å². The van der Waals surface area contributed by atoms with Crippen LogP contribution in [0.15, 0.2) is 48.7 Å². The number of ether oxygens (including phenoxy) is 1. The fraction of sp³-hybridized carbons (Fsp3) is 0.278. The number of fused-ring (bicyclic) bond motifs is 1. The van der Waals surface area contributed by atoms with Gasteiger partial charge in [-0.3, -0.25) is 14.6 Å². The van der Waals surface area contributed by atoms with Crippen LogP contribution in [-0.2, 0) is 0 Å². The van der Waals surface area contributed by atoms with Crippen LogP contribution in [0.3, 0.4) is 0 Å². The Kier molecular flexibility index (Phi) is 3.15. The first-order chi connectivity index (χ1) is 11.2. The van der Waals surface area contributed by atoms with Crippen molar-refractivity contribution >= 4 is 11.7 Å². The van der Waals surface area contributed by atoms with Crippen molar-refractivity contribution in [2.24, 2.45) is 0 Å². The van der Waals surface area contributed by atoms with Crippen LogP contribution in [0.1, 0.15) is 33.7 Å². The molecule has 4 rings (SSSR count). The number of pyridine rings is 1. The fourth-order valence-corrected chi connectivity index (χ4v) is 3.34. The average Bonchev–Trinajstić information content (AvgIpc) is 2.98. The number of rotatable bonds is 1. The number of ketones is 1. The van der Waals surface area contributed by atoms with Crippen LogP contribution in [-0.4, -0.2) is 40.3 Å². The number of Topliss-reactive ketones (excluding diaryl/α,β-unsaturated/α-hetero) is 1. The molecular weight excluding hydrogens is 292 g/mol. The molecule has 1 aromatic carbocycles. The summed E-state index contributed by atoms with van der Waals surface area (Å²) in [5.74, 6) is 0.590. The molecule has 1 atom stereocenters. The van der Waals surface area contributed by atoms with Gasteiger partial charge in [-0.25, -0.2) is 0 Å². The average molecular weight is 308 g/mol. The van der Waals surface area contributed by atoms with Gasteiger partial charge in [0.2, 0.25) is 0 Å². The van der Waals surface area contributed by atoms with E-state index in [2.05, 4.69) is 4.98 Å². The SMILES string of the molecule is O=C1C[C@]2(CCN(C(=O)c3ccccn3)C2)Oc2ccccc21. The van der Waals surface area contributed by atoms with Crippen LogP contribution in [0.5, 0.6) is 5.75 Å². The number of hydrogen-bond acceptors (Lipinski definition) is 4. The minimum Gasteiger partial charge on any atom is -0.484 e. The third kappa shape index (κ3) is 2.38. The summed E-state index contributed by atoms with van der Waals surface area (Å²) in [5, 5.41) is 0. The van der Waals surface area contributed by atoms with Crippen molar-refractivity contribution in [1.82, 2.24) is 9.88 Å². The van der Waals surface area contributed by atoms with Crippen LogP contribution < -0.4 is 4.74 Å². The second-order valence-electron chi connectivity index (χ2n) is 6.07. The van der Waals surface area contributed by atoms with Gasteiger partial charge in [0.05, 0.1) is 18.5 Å². The molecule has 5 heteroatoms. The van der Waals surface area contributed by atoms with E-state index >= 15 is 0 Å². The summed E-state index contributed by atoms with van der Waals surface area (Å²) in [6.07, 6.45) is 2.58. The molecule has 1 aromatic heterocycles. The highest BCUT2D eigenvalue weighted by Crippen LogP contribution is 2.38. The van der Waals surface area contributed by atoms with Gasteiger partial charge in [0, 0.05) is 19.2 Å². The summed E-state index contributed by atoms with van der Waals surface area (Å²) < 4.78 is 6.13. The van der Waals surface area contributed by atoms with E-state index in [0.717, 1.165) is 0 Å². The largest absolute Gasteiger partial charge is 0.484 e. The van der Waals surface area contributed by atoms with Gasteiger partial charge in [0.1, 0.15) is 17.0 Å². The van der Waals surface area contributed by atoms with Crippen molar-refractivity contribution in [3.8, 4) is 5.75 Å². The highest BCUT2D eigenvalue weighted by molar-refractivity contribution is 6.00. The maximum Gasteiger partial charge on any atom is 0.272 e. The standard InChI is InChI=1S/C18H16N2O3/c21-15-11-18(23-16-7-2-1-5-13(15)16)8-10-20(12-18)17(22)14-6-3-4-9-19-14/h1-7,9H,8,10-12H2/t18-/m0/s1. The van der Waals surface area contributed by atoms with Crippen molar-refractivity contribution in [2.75, 3.05) is 13.1 Å². The Morgan fingerprint density at radius 3 is 2.83 bits per heavy atom. The summed E-state index contributed by atoms with van der Waals surface area (Å²) in [6.45, 7) is 0.993. The van der Waals surface area contributed by atoms with E-state index in [4.69, 9.17) is 4.74 Å². The summed E-state index contributed by atoms with van der Waals surface area (Å²) in [5.41, 5.74) is 0.454. The second-order valence-corrected chi connectivity index (χ2v) is 6.07. The normalized spacial score (nSPS) is 22.8. The van der Waals surface area contributed by atoms with Gasteiger partial charge < -0.3 is 9.64 Å². The van der Waals surface area contributed by atoms with E-state index in [-0.39, 0.29) is 11.7 Å². The molecule has 1 saturated heterocycles. The highest BCUT2D eigenvalue weighted by Gasteiger charge is 2.47. The van der Waals surface area contributed by atoms with Crippen molar-refractivity contribution in [3.05, 3.63) is 59.9 Å². The maximum atomic E-state index is 12.5. The molecule has 3 heterocycles. The molecule has 0 N–H and O–H groups in total. The zero-order chi connectivity index (χ0) is 15.9. The number of carbonyl (C=O) groups excluding carboxylic acids is 2. The minimum atomic E-state index is -0.601. The Labute approximate surface area is 133 Å². The van der Waals surface area contributed by atoms with Crippen molar-refractivity contribution in [1.29, 1.82) is 0 Å². The number of para-hydroxylation sites is 1. The lowest BCUT2D eigenvalue weighted by molar-refractivity contribution is 0.0427. The molecular formula is C18H16N2O3. The molecule has 1 spiro atoms. The number of hydrogen-bond donors (Lipinski definition) is 0. The number of nitrogens with zero attached hydrogens (tertiary/aromatic N) is 2. The number of benzene rings is 1. The quantitative estimate of drug-likeness (QED) is 0.811. The lowest BCUT2D eigenvalue weighted by Crippen LogP contribution is -2.45. The number of likely N-dealkylation sites (tertiary alicyclic amines) is 1. The molecule has 0 aliphatic carbocycles. The van der Waals surface area contributed by atoms with Gasteiger partial charge in [0.25, 0.3) is 5.91 Å². The zero-order valence-corrected chi connectivity index (χ0v) is 12.6. The van der Waals surface area contributed by atoms with Crippen LogP contribution in [0.2, 0.25) is 0 Å². The third-order valence-electron chi connectivity index (χ3n) is 4.48. The third-order valence-corrected chi connectivity index (χ3v) is 4.48. The summed E-state index contributed by atoms with van der Waals surface area (Å²) in [4.78, 5) is 30.8. The molecule has 1 amide bonds. The van der Waals surface area contributed by atoms with Crippen molar-refractivity contribution in [3.63, 3.8) is 0 Å². The van der Waals surface area contributed by atoms with Crippen LogP contribution >= 0.6 is 0 Å². The molecule has 0 bridgehead atoms. The van der Waals surface area contributed by atoms with Gasteiger partial charge in [0.15, 0.2) is 5.78 Å². The van der Waals surface area contributed by atoms with Gasteiger partial charge >= 0.3 is 0 Å². The summed E-state index contributed by atoms with van der Waals surface area (Å²) >= 11 is 0. The molecule has 0 radical (unpaired) electrons. The smallest absolute Gasteiger partial charge is 0.272 e. The van der Waals surface area contributed by atoms with Crippen molar-refractivity contribution < 1.29 is 14.3 Å². The molecule has 2 aliphatic rings. The first kappa shape index (κ1) is 13.9. The van der Waals surface area contributed by atoms with E-state index in [0.29, 0.717) is 42.9 Å². The van der Waals surface area contributed by atoms with Gasteiger partial charge in [-0.05, 0) is 24.3 Å². The molecule has 2 aromatic rings. The van der Waals surface area contributed by atoms with Crippen LogP contribution in [0.25, 0.3) is 0 Å². The zero-order valence-electron chi connectivity index (χ0n) is 12.6. The Bertz CT molecular complexity index is 775. The number of aromatic nitrogens is 1. The predicted octanol–water partition coefficient (Wildman–Crippen LogP) is 2.33. The Morgan fingerprint density at radius 1 is 1.17 bits per heavy atom. The maximum absolute atomic E-state index is 12.5. The lowest BCUT2D eigenvalue weighted by Gasteiger charge is -2.34. The van der Waals surface area contributed by atoms with Crippen LogP contribution in [0.4, 0.5) is 0 Å². The highest BCUT2D eigenvalue weighted by atomic mass is 16.5. The van der Waals surface area contributed by atoms with E-state index in [1.54, 1.807) is 35.4 Å². The molecule has 1 fully saturated rings. The number of amides is 1. The monoisotopic (exact) mass is 308 g/mol. The first-order valence-corrected chi connectivity index (χ1v) is 7.68. The minimum absolute atomic E-state index is 0.0824. The Morgan fingerprint density at radius 2 is 2.00 bits per heavy atom. The van der Waals surface area contributed by atoms with E-state index < -0.39 is 5.60 Å². The van der Waals surface area contributed by atoms with Gasteiger partial charge in [-0.2, -0.15) is 0 Å². The Hall–Kier alpha value is -2.69. The van der Waals surface area contributed by atoms with Gasteiger partial charge in [-0.1, -0.05) is 18.2 Å². The van der Waals surface area contributed by atoms with E-state index in [1.165, 1.54) is 0 Å². The first-order valence-electron chi connectivity index (χ1n) is 7.68. The molecule has 2 aliphatic heterocycles. The summed E-state index contributed by atoms with van der Waals surface area (Å²) in [6, 6.07) is 12.6. The molecule has 116 valence electrons. The predicted molar refractivity (Wildman–Crippen MR) is 83.5 cm³/mol. The second kappa shape index (κ2) is 5.19. The topological polar surface area (TPSA) is 59.5 Å². The van der Waals surface area contributed by atoms with E-state index in [1.807, 2.05) is 18.2 Å². The number of carbonyl (C=O) groups is 2. The lowest BCUT2D eigenvalue weighted by atomic mass is 9.89. The Balaban J connectivity index is 1.57. The van der Waals surface area contributed by atoms with Gasteiger partial charge in [-0.15, -0.1) is 0 Å². The molecule has 23 heavy (non-hydrogen) atoms. The van der Waals surface area contributed by atoms with Crippen molar-refractivity contribution in [2.45, 2.75) is 18.4 Å². The summed E-state index contributed by atoms with van der Waals surface area (Å²) in [7, 11) is 0. The molecule has 0 saturated carbocycles. The molecule has 5 nitrogen and oxygen atoms in total.